The van der Waals surface area contributed by atoms with Gasteiger partial charge in [-0.15, -0.1) is 0 Å². The summed E-state index contributed by atoms with van der Waals surface area (Å²) in [5.41, 5.74) is 0.649. The molecule has 0 saturated heterocycles. The van der Waals surface area contributed by atoms with E-state index in [-0.39, 0.29) is 16.5 Å². The van der Waals surface area contributed by atoms with Crippen molar-refractivity contribution in [1.82, 2.24) is 0 Å². The highest BCUT2D eigenvalue weighted by atomic mass is 32.2. The van der Waals surface area contributed by atoms with E-state index in [2.05, 4.69) is 6.58 Å². The predicted molar refractivity (Wildman–Crippen MR) is 68.3 cm³/mol. The summed E-state index contributed by atoms with van der Waals surface area (Å²) >= 11 is 1.08. The average molecular weight is 240 g/mol. The fourth-order valence-corrected chi connectivity index (χ4v) is 2.76. The second-order valence-electron chi connectivity index (χ2n) is 3.89. The number of hydrogen-bond donors (Lipinski definition) is 0. The lowest BCUT2D eigenvalue weighted by Crippen LogP contribution is -2.15. The molecule has 3 heteroatoms. The highest BCUT2D eigenvalue weighted by Gasteiger charge is 2.28. The minimum absolute atomic E-state index is 0.0674. The highest BCUT2D eigenvalue weighted by molar-refractivity contribution is 8.14. The van der Waals surface area contributed by atoms with Crippen molar-refractivity contribution < 1.29 is 9.59 Å². The summed E-state index contributed by atoms with van der Waals surface area (Å²) in [5, 5.41) is 1.78. The van der Waals surface area contributed by atoms with Crippen molar-refractivity contribution >= 4 is 33.4 Å². The van der Waals surface area contributed by atoms with Crippen LogP contribution in [-0.4, -0.2) is 10.9 Å². The largest absolute Gasteiger partial charge is 0.288 e. The number of carbonyl (C=O) groups excluding carboxylic acids is 2. The maximum atomic E-state index is 11.9. The summed E-state index contributed by atoms with van der Waals surface area (Å²) in [4.78, 5) is 24.2. The van der Waals surface area contributed by atoms with Crippen LogP contribution in [0.15, 0.2) is 53.4 Å². The monoisotopic (exact) mass is 240 g/mol. The Morgan fingerprint density at radius 1 is 1.00 bits per heavy atom. The molecule has 0 N–H and O–H groups in total. The normalized spacial score (nSPS) is 15.2. The van der Waals surface area contributed by atoms with Gasteiger partial charge in [0.15, 0.2) is 5.78 Å². The third-order valence-corrected chi connectivity index (χ3v) is 3.81. The van der Waals surface area contributed by atoms with Crippen molar-refractivity contribution in [2.75, 3.05) is 0 Å². The summed E-state index contributed by atoms with van der Waals surface area (Å²) < 4.78 is 0. The molecule has 0 fully saturated rings. The Bertz CT molecular complexity index is 686. The SMILES string of the molecule is C=C1C(=O)Sc2cc3ccccc3cc2C1=O. The molecule has 0 aliphatic carbocycles. The molecule has 0 bridgehead atoms. The van der Waals surface area contributed by atoms with Gasteiger partial charge in [0.25, 0.3) is 0 Å². The number of thioether (sulfide) groups is 1. The summed E-state index contributed by atoms with van der Waals surface area (Å²) in [6.45, 7) is 3.54. The van der Waals surface area contributed by atoms with E-state index in [4.69, 9.17) is 0 Å². The van der Waals surface area contributed by atoms with Crippen LogP contribution >= 0.6 is 11.8 Å². The van der Waals surface area contributed by atoms with Gasteiger partial charge in [-0.05, 0) is 34.7 Å². The van der Waals surface area contributed by atoms with Crippen LogP contribution in [-0.2, 0) is 4.79 Å². The Balaban J connectivity index is 2.32. The first-order valence-corrected chi connectivity index (χ1v) is 5.97. The zero-order chi connectivity index (χ0) is 12.0. The number of rotatable bonds is 0. The van der Waals surface area contributed by atoms with Gasteiger partial charge in [-0.1, -0.05) is 30.8 Å². The van der Waals surface area contributed by atoms with Crippen molar-refractivity contribution in [2.45, 2.75) is 4.90 Å². The molecule has 0 aromatic heterocycles. The van der Waals surface area contributed by atoms with Gasteiger partial charge < -0.3 is 0 Å². The fraction of sp³-hybridized carbons (Fsp3) is 0. The molecule has 2 aromatic rings. The average Bonchev–Trinajstić information content (AvgIpc) is 2.34. The number of carbonyl (C=O) groups is 2. The maximum absolute atomic E-state index is 11.9. The van der Waals surface area contributed by atoms with Crippen LogP contribution in [0.4, 0.5) is 0 Å². The molecule has 0 radical (unpaired) electrons. The van der Waals surface area contributed by atoms with Crippen LogP contribution in [0.5, 0.6) is 0 Å². The van der Waals surface area contributed by atoms with Crippen LogP contribution in [0.25, 0.3) is 10.8 Å². The highest BCUT2D eigenvalue weighted by Crippen LogP contribution is 2.35. The molecule has 0 spiro atoms. The minimum atomic E-state index is -0.255. The van der Waals surface area contributed by atoms with Crippen molar-refractivity contribution in [1.29, 1.82) is 0 Å². The molecular formula is C14H8O2S. The predicted octanol–water partition coefficient (Wildman–Crippen LogP) is 3.21. The summed E-state index contributed by atoms with van der Waals surface area (Å²) in [7, 11) is 0. The van der Waals surface area contributed by atoms with Gasteiger partial charge in [0.2, 0.25) is 5.12 Å². The lowest BCUT2D eigenvalue weighted by atomic mass is 10.0. The molecule has 3 rings (SSSR count). The maximum Gasteiger partial charge on any atom is 0.227 e. The van der Waals surface area contributed by atoms with Gasteiger partial charge in [0.05, 0.1) is 5.57 Å². The molecule has 0 saturated carbocycles. The van der Waals surface area contributed by atoms with E-state index in [1.807, 2.05) is 36.4 Å². The lowest BCUT2D eigenvalue weighted by Gasteiger charge is -2.15. The summed E-state index contributed by atoms with van der Waals surface area (Å²) in [6.07, 6.45) is 0. The molecule has 1 heterocycles. The number of Topliss-reactive ketones (excluding diaryl/α,β-unsaturated/α-hetero) is 1. The van der Waals surface area contributed by atoms with Gasteiger partial charge in [-0.2, -0.15) is 0 Å². The molecule has 1 aliphatic rings. The molecule has 0 amide bonds. The zero-order valence-electron chi connectivity index (χ0n) is 8.90. The third-order valence-electron chi connectivity index (χ3n) is 2.82. The molecule has 82 valence electrons. The molecule has 2 aromatic carbocycles. The Morgan fingerprint density at radius 2 is 1.65 bits per heavy atom. The Hall–Kier alpha value is -1.87. The fourth-order valence-electron chi connectivity index (χ4n) is 1.90. The van der Waals surface area contributed by atoms with Gasteiger partial charge >= 0.3 is 0 Å². The zero-order valence-corrected chi connectivity index (χ0v) is 9.71. The van der Waals surface area contributed by atoms with E-state index < -0.39 is 0 Å². The number of hydrogen-bond acceptors (Lipinski definition) is 3. The summed E-state index contributed by atoms with van der Waals surface area (Å²) in [6, 6.07) is 11.5. The lowest BCUT2D eigenvalue weighted by molar-refractivity contribution is -0.107. The van der Waals surface area contributed by atoms with Crippen LogP contribution in [0.3, 0.4) is 0 Å². The van der Waals surface area contributed by atoms with Crippen molar-refractivity contribution in [3.8, 4) is 0 Å². The Morgan fingerprint density at radius 3 is 2.35 bits per heavy atom. The van der Waals surface area contributed by atoms with Gasteiger partial charge in [-0.25, -0.2) is 0 Å². The molecule has 0 atom stereocenters. The Labute approximate surface area is 102 Å². The van der Waals surface area contributed by atoms with Crippen LogP contribution in [0.1, 0.15) is 10.4 Å². The molecule has 0 unspecified atom stereocenters. The van der Waals surface area contributed by atoms with Gasteiger partial charge in [0, 0.05) is 10.5 Å². The number of ketones is 1. The standard InChI is InChI=1S/C14H8O2S/c1-8-13(15)11-6-9-4-2-3-5-10(9)7-12(11)17-14(8)16/h2-7H,1H2. The third kappa shape index (κ3) is 1.51. The van der Waals surface area contributed by atoms with E-state index in [9.17, 15) is 9.59 Å². The first kappa shape index (κ1) is 10.3. The van der Waals surface area contributed by atoms with Crippen molar-refractivity contribution in [3.05, 3.63) is 54.1 Å². The van der Waals surface area contributed by atoms with E-state index in [1.54, 1.807) is 0 Å². The smallest absolute Gasteiger partial charge is 0.227 e. The molecule has 2 nitrogen and oxygen atoms in total. The van der Waals surface area contributed by atoms with E-state index >= 15 is 0 Å². The molecule has 17 heavy (non-hydrogen) atoms. The van der Waals surface area contributed by atoms with Gasteiger partial charge in [0.1, 0.15) is 0 Å². The quantitative estimate of drug-likeness (QED) is 0.524. The molecule has 1 aliphatic heterocycles. The van der Waals surface area contributed by atoms with E-state index in [0.717, 1.165) is 27.4 Å². The van der Waals surface area contributed by atoms with Crippen LogP contribution in [0, 0.1) is 0 Å². The van der Waals surface area contributed by atoms with Crippen LogP contribution in [0.2, 0.25) is 0 Å². The number of benzene rings is 2. The van der Waals surface area contributed by atoms with Crippen molar-refractivity contribution in [2.24, 2.45) is 0 Å². The minimum Gasteiger partial charge on any atom is -0.288 e. The molecular weight excluding hydrogens is 232 g/mol. The first-order valence-electron chi connectivity index (χ1n) is 5.15. The van der Waals surface area contributed by atoms with E-state index in [0.29, 0.717) is 5.56 Å². The van der Waals surface area contributed by atoms with Crippen molar-refractivity contribution in [3.63, 3.8) is 0 Å². The topological polar surface area (TPSA) is 34.1 Å². The van der Waals surface area contributed by atoms with E-state index in [1.165, 1.54) is 0 Å². The summed E-state index contributed by atoms with van der Waals surface area (Å²) in [5.74, 6) is -0.255. The van der Waals surface area contributed by atoms with Crippen LogP contribution < -0.4 is 0 Å². The second-order valence-corrected chi connectivity index (χ2v) is 4.91. The number of fused-ring (bicyclic) bond motifs is 2. The Kier molecular flexibility index (Phi) is 2.16. The second kappa shape index (κ2) is 3.57. The first-order chi connectivity index (χ1) is 8.16. The van der Waals surface area contributed by atoms with Gasteiger partial charge in [-0.3, -0.25) is 9.59 Å².